The lowest BCUT2D eigenvalue weighted by Crippen LogP contribution is -2.34. The quantitative estimate of drug-likeness (QED) is 0.695. The van der Waals surface area contributed by atoms with Crippen molar-refractivity contribution in [2.75, 3.05) is 18.9 Å². The van der Waals surface area contributed by atoms with Crippen molar-refractivity contribution >= 4 is 17.5 Å². The average molecular weight is 378 g/mol. The summed E-state index contributed by atoms with van der Waals surface area (Å²) in [6.45, 7) is -0.139. The molecular weight excluding hydrogens is 359 g/mol. The molecule has 28 heavy (non-hydrogen) atoms. The van der Waals surface area contributed by atoms with E-state index >= 15 is 0 Å². The summed E-state index contributed by atoms with van der Waals surface area (Å²) in [6.07, 6.45) is 0. The molecule has 0 atom stereocenters. The predicted octanol–water partition coefficient (Wildman–Crippen LogP) is 4.33. The molecule has 3 rings (SSSR count). The molecule has 0 aliphatic rings. The molecule has 0 spiro atoms. The number of rotatable bonds is 6. The maximum atomic E-state index is 12.9. The minimum Gasteiger partial charge on any atom is -0.457 e. The average Bonchev–Trinajstić information content (AvgIpc) is 2.70. The lowest BCUT2D eigenvalue weighted by Gasteiger charge is -2.17. The number of anilines is 1. The number of nitrogens with zero attached hydrogens (tertiary/aromatic N) is 1. The SMILES string of the molecule is CN(CC(=O)Nc1ccc(F)cc1)C(=O)c1cccc(Oc2ccccc2)c1. The fraction of sp³-hybridized carbons (Fsp3) is 0.0909. The van der Waals surface area contributed by atoms with Gasteiger partial charge < -0.3 is 15.0 Å². The van der Waals surface area contributed by atoms with Gasteiger partial charge in [-0.15, -0.1) is 0 Å². The number of para-hydroxylation sites is 1. The Morgan fingerprint density at radius 2 is 1.61 bits per heavy atom. The molecule has 0 fully saturated rings. The molecule has 3 aromatic carbocycles. The molecule has 0 unspecified atom stereocenters. The van der Waals surface area contributed by atoms with Crippen molar-refractivity contribution in [3.05, 3.63) is 90.2 Å². The van der Waals surface area contributed by atoms with Gasteiger partial charge in [0, 0.05) is 18.3 Å². The lowest BCUT2D eigenvalue weighted by molar-refractivity contribution is -0.116. The van der Waals surface area contributed by atoms with Crippen LogP contribution in [0.15, 0.2) is 78.9 Å². The molecule has 142 valence electrons. The van der Waals surface area contributed by atoms with Crippen LogP contribution in [-0.2, 0) is 4.79 Å². The van der Waals surface area contributed by atoms with E-state index < -0.39 is 0 Å². The third-order valence-corrected chi connectivity index (χ3v) is 3.92. The zero-order valence-electron chi connectivity index (χ0n) is 15.3. The number of amides is 2. The molecule has 0 aliphatic heterocycles. The normalized spacial score (nSPS) is 10.2. The van der Waals surface area contributed by atoms with Crippen molar-refractivity contribution in [1.29, 1.82) is 0 Å². The molecule has 0 aliphatic carbocycles. The maximum Gasteiger partial charge on any atom is 0.254 e. The van der Waals surface area contributed by atoms with Crippen LogP contribution < -0.4 is 10.1 Å². The Labute approximate surface area is 162 Å². The zero-order chi connectivity index (χ0) is 19.9. The first-order chi connectivity index (χ1) is 13.5. The molecule has 0 bridgehead atoms. The van der Waals surface area contributed by atoms with Gasteiger partial charge in [0.15, 0.2) is 0 Å². The van der Waals surface area contributed by atoms with E-state index in [0.29, 0.717) is 22.7 Å². The molecule has 0 radical (unpaired) electrons. The highest BCUT2D eigenvalue weighted by atomic mass is 19.1. The van der Waals surface area contributed by atoms with Crippen molar-refractivity contribution in [2.24, 2.45) is 0 Å². The van der Waals surface area contributed by atoms with Crippen molar-refractivity contribution in [1.82, 2.24) is 4.90 Å². The summed E-state index contributed by atoms with van der Waals surface area (Å²) in [5.41, 5.74) is 0.871. The Morgan fingerprint density at radius 3 is 2.32 bits per heavy atom. The number of hydrogen-bond donors (Lipinski definition) is 1. The molecule has 6 heteroatoms. The zero-order valence-corrected chi connectivity index (χ0v) is 15.3. The first kappa shape index (κ1) is 19.1. The van der Waals surface area contributed by atoms with Crippen LogP contribution in [0.5, 0.6) is 11.5 Å². The van der Waals surface area contributed by atoms with Gasteiger partial charge in [-0.05, 0) is 54.6 Å². The second-order valence-electron chi connectivity index (χ2n) is 6.16. The molecule has 5 nitrogen and oxygen atoms in total. The van der Waals surface area contributed by atoms with Gasteiger partial charge in [0.25, 0.3) is 5.91 Å². The van der Waals surface area contributed by atoms with E-state index in [1.165, 1.54) is 36.2 Å². The van der Waals surface area contributed by atoms with Crippen LogP contribution in [0.1, 0.15) is 10.4 Å². The number of ether oxygens (including phenoxy) is 1. The number of nitrogens with one attached hydrogen (secondary N) is 1. The molecule has 0 saturated heterocycles. The smallest absolute Gasteiger partial charge is 0.254 e. The highest BCUT2D eigenvalue weighted by Crippen LogP contribution is 2.22. The highest BCUT2D eigenvalue weighted by molar-refractivity contribution is 5.99. The Balaban J connectivity index is 1.61. The summed E-state index contributed by atoms with van der Waals surface area (Å²) in [5.74, 6) is 0.121. The molecule has 1 N–H and O–H groups in total. The van der Waals surface area contributed by atoms with E-state index in [4.69, 9.17) is 4.74 Å². The number of carbonyl (C=O) groups excluding carboxylic acids is 2. The van der Waals surface area contributed by atoms with Crippen LogP contribution in [0.3, 0.4) is 0 Å². The molecule has 0 saturated carbocycles. The van der Waals surface area contributed by atoms with Gasteiger partial charge in [-0.1, -0.05) is 24.3 Å². The predicted molar refractivity (Wildman–Crippen MR) is 105 cm³/mol. The van der Waals surface area contributed by atoms with Gasteiger partial charge in [-0.25, -0.2) is 4.39 Å². The molecule has 3 aromatic rings. The van der Waals surface area contributed by atoms with Gasteiger partial charge in [0.2, 0.25) is 5.91 Å². The van der Waals surface area contributed by atoms with Gasteiger partial charge in [-0.2, -0.15) is 0 Å². The lowest BCUT2D eigenvalue weighted by atomic mass is 10.2. The topological polar surface area (TPSA) is 58.6 Å². The third-order valence-electron chi connectivity index (χ3n) is 3.92. The van der Waals surface area contributed by atoms with Crippen LogP contribution in [0.25, 0.3) is 0 Å². The standard InChI is InChI=1S/C22H19FN2O3/c1-25(15-21(26)24-18-12-10-17(23)11-13-18)22(27)16-6-5-9-20(14-16)28-19-7-3-2-4-8-19/h2-14H,15H2,1H3,(H,24,26). The fourth-order valence-electron chi connectivity index (χ4n) is 2.56. The fourth-order valence-corrected chi connectivity index (χ4v) is 2.56. The number of benzene rings is 3. The molecule has 0 aromatic heterocycles. The Kier molecular flexibility index (Phi) is 6.01. The molecule has 2 amide bonds. The summed E-state index contributed by atoms with van der Waals surface area (Å²) in [6, 6.07) is 21.4. The highest BCUT2D eigenvalue weighted by Gasteiger charge is 2.16. The third kappa shape index (κ3) is 5.17. The van der Waals surface area contributed by atoms with E-state index in [0.717, 1.165) is 0 Å². The van der Waals surface area contributed by atoms with E-state index in [1.54, 1.807) is 24.3 Å². The summed E-state index contributed by atoms with van der Waals surface area (Å²) >= 11 is 0. The van der Waals surface area contributed by atoms with Gasteiger partial charge in [0.1, 0.15) is 17.3 Å². The van der Waals surface area contributed by atoms with E-state index in [-0.39, 0.29) is 24.2 Å². The minimum atomic E-state index is -0.386. The first-order valence-electron chi connectivity index (χ1n) is 8.65. The van der Waals surface area contributed by atoms with Crippen molar-refractivity contribution < 1.29 is 18.7 Å². The van der Waals surface area contributed by atoms with Crippen LogP contribution in [0.4, 0.5) is 10.1 Å². The van der Waals surface area contributed by atoms with Gasteiger partial charge in [-0.3, -0.25) is 9.59 Å². The van der Waals surface area contributed by atoms with E-state index in [9.17, 15) is 14.0 Å². The largest absolute Gasteiger partial charge is 0.457 e. The summed E-state index contributed by atoms with van der Waals surface area (Å²) < 4.78 is 18.7. The Morgan fingerprint density at radius 1 is 0.929 bits per heavy atom. The van der Waals surface area contributed by atoms with Gasteiger partial charge in [0.05, 0.1) is 6.54 Å². The maximum absolute atomic E-state index is 12.9. The monoisotopic (exact) mass is 378 g/mol. The van der Waals surface area contributed by atoms with Crippen LogP contribution in [0.2, 0.25) is 0 Å². The van der Waals surface area contributed by atoms with Crippen molar-refractivity contribution in [3.8, 4) is 11.5 Å². The van der Waals surface area contributed by atoms with E-state index in [1.807, 2.05) is 30.3 Å². The minimum absolute atomic E-state index is 0.139. The number of hydrogen-bond acceptors (Lipinski definition) is 3. The Bertz CT molecular complexity index is 959. The summed E-state index contributed by atoms with van der Waals surface area (Å²) in [4.78, 5) is 26.1. The van der Waals surface area contributed by atoms with Crippen LogP contribution >= 0.6 is 0 Å². The second kappa shape index (κ2) is 8.81. The second-order valence-corrected chi connectivity index (χ2v) is 6.16. The Hall–Kier alpha value is -3.67. The summed E-state index contributed by atoms with van der Waals surface area (Å²) in [5, 5.41) is 2.63. The van der Waals surface area contributed by atoms with Crippen molar-refractivity contribution in [2.45, 2.75) is 0 Å². The molecular formula is C22H19FN2O3. The van der Waals surface area contributed by atoms with Gasteiger partial charge >= 0.3 is 0 Å². The molecule has 0 heterocycles. The number of carbonyl (C=O) groups is 2. The number of halogens is 1. The summed E-state index contributed by atoms with van der Waals surface area (Å²) in [7, 11) is 1.54. The van der Waals surface area contributed by atoms with Crippen molar-refractivity contribution in [3.63, 3.8) is 0 Å². The van der Waals surface area contributed by atoms with Crippen LogP contribution in [0, 0.1) is 5.82 Å². The first-order valence-corrected chi connectivity index (χ1v) is 8.65. The number of likely N-dealkylation sites (N-methyl/N-ethyl adjacent to an activating group) is 1. The van der Waals surface area contributed by atoms with Crippen LogP contribution in [-0.4, -0.2) is 30.3 Å². The van der Waals surface area contributed by atoms with E-state index in [2.05, 4.69) is 5.32 Å².